The van der Waals surface area contributed by atoms with Crippen molar-refractivity contribution in [3.63, 3.8) is 0 Å². The monoisotopic (exact) mass is 248 g/mol. The largest absolute Gasteiger partial charge is 0.490 e. The summed E-state index contributed by atoms with van der Waals surface area (Å²) >= 11 is 0. The first-order valence-corrected chi connectivity index (χ1v) is 6.67. The van der Waals surface area contributed by atoms with Gasteiger partial charge in [-0.1, -0.05) is 18.9 Å². The summed E-state index contributed by atoms with van der Waals surface area (Å²) in [6, 6.07) is 5.08. The minimum atomic E-state index is -0.902. The standard InChI is InChI=1S/C15H20O3/c1-11-8-9-12(15(16)17)10-14(11)18-13-6-4-2-3-5-7-13/h8-10,13H,2-7H2,1H3,(H,16,17). The van der Waals surface area contributed by atoms with E-state index in [9.17, 15) is 4.79 Å². The molecule has 0 aromatic heterocycles. The predicted molar refractivity (Wildman–Crippen MR) is 70.3 cm³/mol. The molecule has 0 heterocycles. The molecule has 0 radical (unpaired) electrons. The topological polar surface area (TPSA) is 46.5 Å². The molecule has 0 saturated heterocycles. The fraction of sp³-hybridized carbons (Fsp3) is 0.533. The number of ether oxygens (including phenoxy) is 1. The molecule has 1 aliphatic carbocycles. The van der Waals surface area contributed by atoms with Gasteiger partial charge in [0.15, 0.2) is 0 Å². The quantitative estimate of drug-likeness (QED) is 0.828. The number of carbonyl (C=O) groups is 1. The minimum absolute atomic E-state index is 0.246. The van der Waals surface area contributed by atoms with Gasteiger partial charge in [0.1, 0.15) is 5.75 Å². The van der Waals surface area contributed by atoms with Crippen LogP contribution in [-0.2, 0) is 0 Å². The van der Waals surface area contributed by atoms with Crippen LogP contribution in [0.5, 0.6) is 5.75 Å². The molecule has 1 saturated carbocycles. The van der Waals surface area contributed by atoms with Crippen molar-refractivity contribution in [1.29, 1.82) is 0 Å². The van der Waals surface area contributed by atoms with Gasteiger partial charge in [0, 0.05) is 0 Å². The Morgan fingerprint density at radius 2 is 1.89 bits per heavy atom. The van der Waals surface area contributed by atoms with E-state index in [4.69, 9.17) is 9.84 Å². The third-order valence-corrected chi connectivity index (χ3v) is 3.53. The third-order valence-electron chi connectivity index (χ3n) is 3.53. The van der Waals surface area contributed by atoms with Crippen LogP contribution in [0.25, 0.3) is 0 Å². The van der Waals surface area contributed by atoms with E-state index in [0.29, 0.717) is 5.56 Å². The fourth-order valence-electron chi connectivity index (χ4n) is 2.40. The Labute approximate surface area is 108 Å². The summed E-state index contributed by atoms with van der Waals surface area (Å²) in [5.41, 5.74) is 1.30. The van der Waals surface area contributed by atoms with Gasteiger partial charge >= 0.3 is 5.97 Å². The smallest absolute Gasteiger partial charge is 0.335 e. The molecule has 1 aliphatic rings. The normalized spacial score (nSPS) is 17.2. The molecule has 1 aromatic rings. The van der Waals surface area contributed by atoms with Crippen molar-refractivity contribution in [2.45, 2.75) is 51.6 Å². The summed E-state index contributed by atoms with van der Waals surface area (Å²) < 4.78 is 5.99. The second-order valence-corrected chi connectivity index (χ2v) is 5.02. The molecule has 3 heteroatoms. The third kappa shape index (κ3) is 3.25. The Bertz CT molecular complexity index is 418. The molecule has 2 rings (SSSR count). The summed E-state index contributed by atoms with van der Waals surface area (Å²) in [6.07, 6.45) is 7.40. The zero-order valence-corrected chi connectivity index (χ0v) is 10.8. The number of aromatic carboxylic acids is 1. The van der Waals surface area contributed by atoms with Crippen LogP contribution in [0.15, 0.2) is 18.2 Å². The molecule has 18 heavy (non-hydrogen) atoms. The Morgan fingerprint density at radius 3 is 2.50 bits per heavy atom. The van der Waals surface area contributed by atoms with Crippen molar-refractivity contribution in [3.8, 4) is 5.75 Å². The molecule has 98 valence electrons. The molecule has 1 aromatic carbocycles. The van der Waals surface area contributed by atoms with Crippen molar-refractivity contribution in [3.05, 3.63) is 29.3 Å². The van der Waals surface area contributed by atoms with Crippen molar-refractivity contribution in [1.82, 2.24) is 0 Å². The Balaban J connectivity index is 2.11. The van der Waals surface area contributed by atoms with Gasteiger partial charge in [0.2, 0.25) is 0 Å². The van der Waals surface area contributed by atoms with E-state index >= 15 is 0 Å². The van der Waals surface area contributed by atoms with E-state index in [-0.39, 0.29) is 6.10 Å². The molecule has 1 N–H and O–H groups in total. The van der Waals surface area contributed by atoms with Crippen LogP contribution >= 0.6 is 0 Å². The summed E-state index contributed by atoms with van der Waals surface area (Å²) in [7, 11) is 0. The predicted octanol–water partition coefficient (Wildman–Crippen LogP) is 3.79. The van der Waals surface area contributed by atoms with Gasteiger partial charge in [0.25, 0.3) is 0 Å². The van der Waals surface area contributed by atoms with E-state index in [1.807, 2.05) is 13.0 Å². The first-order chi connectivity index (χ1) is 8.66. The lowest BCUT2D eigenvalue weighted by atomic mass is 10.1. The van der Waals surface area contributed by atoms with Crippen molar-refractivity contribution >= 4 is 5.97 Å². The number of rotatable bonds is 3. The molecule has 1 fully saturated rings. The summed E-state index contributed by atoms with van der Waals surface area (Å²) in [6.45, 7) is 1.96. The summed E-state index contributed by atoms with van der Waals surface area (Å²) in [5, 5.41) is 9.00. The molecule has 0 amide bonds. The van der Waals surface area contributed by atoms with Gasteiger partial charge in [0.05, 0.1) is 11.7 Å². The average Bonchev–Trinajstić information content (AvgIpc) is 2.60. The van der Waals surface area contributed by atoms with Crippen LogP contribution < -0.4 is 4.74 Å². The van der Waals surface area contributed by atoms with E-state index in [1.54, 1.807) is 12.1 Å². The van der Waals surface area contributed by atoms with E-state index in [2.05, 4.69) is 0 Å². The van der Waals surface area contributed by atoms with Gasteiger partial charge in [-0.3, -0.25) is 0 Å². The van der Waals surface area contributed by atoms with Gasteiger partial charge in [-0.2, -0.15) is 0 Å². The molecule has 0 unspecified atom stereocenters. The maximum Gasteiger partial charge on any atom is 0.335 e. The molecular weight excluding hydrogens is 228 g/mol. The van der Waals surface area contributed by atoms with Crippen LogP contribution in [0.1, 0.15) is 54.4 Å². The maximum atomic E-state index is 11.0. The molecule has 0 atom stereocenters. The lowest BCUT2D eigenvalue weighted by molar-refractivity contribution is 0.0696. The highest BCUT2D eigenvalue weighted by Crippen LogP contribution is 2.26. The molecular formula is C15H20O3. The van der Waals surface area contributed by atoms with E-state index < -0.39 is 5.97 Å². The van der Waals surface area contributed by atoms with E-state index in [0.717, 1.165) is 24.2 Å². The maximum absolute atomic E-state index is 11.0. The first-order valence-electron chi connectivity index (χ1n) is 6.67. The molecule has 0 spiro atoms. The Morgan fingerprint density at radius 1 is 1.22 bits per heavy atom. The van der Waals surface area contributed by atoms with Gasteiger partial charge < -0.3 is 9.84 Å². The highest BCUT2D eigenvalue weighted by molar-refractivity contribution is 5.88. The SMILES string of the molecule is Cc1ccc(C(=O)O)cc1OC1CCCCCC1. The second-order valence-electron chi connectivity index (χ2n) is 5.02. The van der Waals surface area contributed by atoms with E-state index in [1.165, 1.54) is 25.7 Å². The molecule has 3 nitrogen and oxygen atoms in total. The summed E-state index contributed by atoms with van der Waals surface area (Å²) in [4.78, 5) is 11.0. The number of carboxylic acids is 1. The first kappa shape index (κ1) is 12.9. The Hall–Kier alpha value is -1.51. The highest BCUT2D eigenvalue weighted by Gasteiger charge is 2.15. The summed E-state index contributed by atoms with van der Waals surface area (Å²) in [5.74, 6) is -0.178. The Kier molecular flexibility index (Phi) is 4.24. The van der Waals surface area contributed by atoms with Crippen LogP contribution in [0.3, 0.4) is 0 Å². The fourth-order valence-corrected chi connectivity index (χ4v) is 2.40. The van der Waals surface area contributed by atoms with Gasteiger partial charge in [-0.15, -0.1) is 0 Å². The zero-order valence-electron chi connectivity index (χ0n) is 10.8. The number of carboxylic acid groups (broad SMARTS) is 1. The number of benzene rings is 1. The average molecular weight is 248 g/mol. The van der Waals surface area contributed by atoms with Gasteiger partial charge in [-0.05, 0) is 50.3 Å². The van der Waals surface area contributed by atoms with Crippen LogP contribution in [0.4, 0.5) is 0 Å². The van der Waals surface area contributed by atoms with Crippen LogP contribution in [0.2, 0.25) is 0 Å². The second kappa shape index (κ2) is 5.89. The van der Waals surface area contributed by atoms with Crippen molar-refractivity contribution in [2.24, 2.45) is 0 Å². The van der Waals surface area contributed by atoms with Crippen molar-refractivity contribution < 1.29 is 14.6 Å². The number of aryl methyl sites for hydroxylation is 1. The zero-order chi connectivity index (χ0) is 13.0. The van der Waals surface area contributed by atoms with Crippen LogP contribution in [0, 0.1) is 6.92 Å². The lowest BCUT2D eigenvalue weighted by Gasteiger charge is -2.18. The molecule has 0 aliphatic heterocycles. The minimum Gasteiger partial charge on any atom is -0.490 e. The highest BCUT2D eigenvalue weighted by atomic mass is 16.5. The number of hydrogen-bond acceptors (Lipinski definition) is 2. The van der Waals surface area contributed by atoms with Crippen molar-refractivity contribution in [2.75, 3.05) is 0 Å². The number of hydrogen-bond donors (Lipinski definition) is 1. The lowest BCUT2D eigenvalue weighted by Crippen LogP contribution is -2.16. The van der Waals surface area contributed by atoms with Gasteiger partial charge in [-0.25, -0.2) is 4.79 Å². The molecule has 0 bridgehead atoms. The van der Waals surface area contributed by atoms with Crippen LogP contribution in [-0.4, -0.2) is 17.2 Å².